The van der Waals surface area contributed by atoms with E-state index < -0.39 is 0 Å². The SMILES string of the molecule is CCNC(=NCc1ccc(-n2ccnc2C)c(F)c1)NCC1(CCOC)CCCC1. The molecule has 30 heavy (non-hydrogen) atoms. The number of aromatic nitrogens is 2. The summed E-state index contributed by atoms with van der Waals surface area (Å²) in [6, 6.07) is 5.26. The predicted molar refractivity (Wildman–Crippen MR) is 118 cm³/mol. The number of halogens is 1. The highest BCUT2D eigenvalue weighted by Gasteiger charge is 2.33. The van der Waals surface area contributed by atoms with Crippen LogP contribution in [0.15, 0.2) is 35.6 Å². The molecule has 1 heterocycles. The van der Waals surface area contributed by atoms with Crippen molar-refractivity contribution >= 4 is 5.96 Å². The first-order valence-corrected chi connectivity index (χ1v) is 10.9. The molecule has 0 radical (unpaired) electrons. The van der Waals surface area contributed by atoms with Crippen LogP contribution in [0.25, 0.3) is 5.69 Å². The molecule has 6 nitrogen and oxygen atoms in total. The molecule has 1 aliphatic rings. The number of aliphatic imine (C=N–C) groups is 1. The van der Waals surface area contributed by atoms with Crippen LogP contribution >= 0.6 is 0 Å². The van der Waals surface area contributed by atoms with Crippen LogP contribution in [0.2, 0.25) is 0 Å². The van der Waals surface area contributed by atoms with Gasteiger partial charge in [-0.05, 0) is 56.2 Å². The van der Waals surface area contributed by atoms with Gasteiger partial charge in [-0.3, -0.25) is 0 Å². The molecule has 1 aromatic carbocycles. The fourth-order valence-corrected chi connectivity index (χ4v) is 4.22. The van der Waals surface area contributed by atoms with Gasteiger partial charge in [-0.25, -0.2) is 14.4 Å². The van der Waals surface area contributed by atoms with Crippen molar-refractivity contribution in [2.75, 3.05) is 26.8 Å². The summed E-state index contributed by atoms with van der Waals surface area (Å²) in [6.07, 6.45) is 9.51. The first-order chi connectivity index (χ1) is 14.6. The number of methoxy groups -OCH3 is 1. The van der Waals surface area contributed by atoms with Crippen LogP contribution in [-0.2, 0) is 11.3 Å². The molecule has 2 N–H and O–H groups in total. The molecule has 3 rings (SSSR count). The van der Waals surface area contributed by atoms with E-state index in [2.05, 4.69) is 27.5 Å². The Morgan fingerprint density at radius 2 is 2.10 bits per heavy atom. The number of benzene rings is 1. The van der Waals surface area contributed by atoms with Gasteiger partial charge in [-0.15, -0.1) is 0 Å². The third-order valence-electron chi connectivity index (χ3n) is 5.99. The van der Waals surface area contributed by atoms with Crippen LogP contribution in [0.1, 0.15) is 50.4 Å². The van der Waals surface area contributed by atoms with Crippen molar-refractivity contribution in [3.63, 3.8) is 0 Å². The molecule has 0 unspecified atom stereocenters. The summed E-state index contributed by atoms with van der Waals surface area (Å²) < 4.78 is 21.7. The van der Waals surface area contributed by atoms with Gasteiger partial charge in [0.2, 0.25) is 0 Å². The fourth-order valence-electron chi connectivity index (χ4n) is 4.22. The largest absolute Gasteiger partial charge is 0.385 e. The first kappa shape index (κ1) is 22.3. The average Bonchev–Trinajstić information content (AvgIpc) is 3.38. The van der Waals surface area contributed by atoms with Gasteiger partial charge >= 0.3 is 0 Å². The maximum absolute atomic E-state index is 14.6. The molecular formula is C23H34FN5O. The number of hydrogen-bond acceptors (Lipinski definition) is 3. The van der Waals surface area contributed by atoms with Gasteiger partial charge in [0.05, 0.1) is 12.2 Å². The highest BCUT2D eigenvalue weighted by molar-refractivity contribution is 5.79. The fraction of sp³-hybridized carbons (Fsp3) is 0.565. The molecule has 0 spiro atoms. The smallest absolute Gasteiger partial charge is 0.191 e. The van der Waals surface area contributed by atoms with E-state index in [0.29, 0.717) is 12.2 Å². The second-order valence-electron chi connectivity index (χ2n) is 8.13. The Morgan fingerprint density at radius 1 is 1.30 bits per heavy atom. The predicted octanol–water partition coefficient (Wildman–Crippen LogP) is 3.97. The standard InChI is InChI=1S/C23H34FN5O/c1-4-25-22(28-17-23(11-14-30-3)9-5-6-10-23)27-16-19-7-8-21(20(24)15-19)29-13-12-26-18(29)2/h7-8,12-13,15H,4-6,9-11,14,16-17H2,1-3H3,(H2,25,27,28). The first-order valence-electron chi connectivity index (χ1n) is 10.9. The van der Waals surface area contributed by atoms with Gasteiger partial charge in [0.1, 0.15) is 11.6 Å². The summed E-state index contributed by atoms with van der Waals surface area (Å²) in [4.78, 5) is 8.85. The third-order valence-corrected chi connectivity index (χ3v) is 5.99. The zero-order chi connectivity index (χ0) is 21.4. The van der Waals surface area contributed by atoms with E-state index in [1.807, 2.05) is 13.0 Å². The van der Waals surface area contributed by atoms with Crippen molar-refractivity contribution in [3.05, 3.63) is 47.8 Å². The lowest BCUT2D eigenvalue weighted by Crippen LogP contribution is -2.43. The summed E-state index contributed by atoms with van der Waals surface area (Å²) in [5, 5.41) is 6.82. The minimum Gasteiger partial charge on any atom is -0.385 e. The zero-order valence-corrected chi connectivity index (χ0v) is 18.4. The number of rotatable bonds is 9. The molecule has 0 saturated heterocycles. The van der Waals surface area contributed by atoms with E-state index in [9.17, 15) is 4.39 Å². The lowest BCUT2D eigenvalue weighted by molar-refractivity contribution is 0.138. The second kappa shape index (κ2) is 10.6. The second-order valence-corrected chi connectivity index (χ2v) is 8.13. The summed E-state index contributed by atoms with van der Waals surface area (Å²) in [5.41, 5.74) is 1.62. The highest BCUT2D eigenvalue weighted by Crippen LogP contribution is 2.40. The van der Waals surface area contributed by atoms with Crippen LogP contribution in [0.4, 0.5) is 4.39 Å². The van der Waals surface area contributed by atoms with Crippen molar-refractivity contribution in [2.24, 2.45) is 10.4 Å². The van der Waals surface area contributed by atoms with Crippen LogP contribution in [0, 0.1) is 18.2 Å². The van der Waals surface area contributed by atoms with Gasteiger partial charge in [0.25, 0.3) is 0 Å². The van der Waals surface area contributed by atoms with Crippen LogP contribution in [0.3, 0.4) is 0 Å². The minimum atomic E-state index is -0.272. The van der Waals surface area contributed by atoms with Crippen molar-refractivity contribution < 1.29 is 9.13 Å². The van der Waals surface area contributed by atoms with E-state index in [1.54, 1.807) is 36.2 Å². The van der Waals surface area contributed by atoms with Gasteiger partial charge in [0, 0.05) is 39.2 Å². The Labute approximate surface area is 179 Å². The Morgan fingerprint density at radius 3 is 2.73 bits per heavy atom. The lowest BCUT2D eigenvalue weighted by Gasteiger charge is -2.30. The zero-order valence-electron chi connectivity index (χ0n) is 18.4. The van der Waals surface area contributed by atoms with E-state index in [1.165, 1.54) is 25.7 Å². The summed E-state index contributed by atoms with van der Waals surface area (Å²) in [5.74, 6) is 1.26. The quantitative estimate of drug-likeness (QED) is 0.480. The number of hydrogen-bond donors (Lipinski definition) is 2. The third kappa shape index (κ3) is 5.59. The highest BCUT2D eigenvalue weighted by atomic mass is 19.1. The van der Waals surface area contributed by atoms with E-state index in [4.69, 9.17) is 4.74 Å². The molecule has 0 amide bonds. The van der Waals surface area contributed by atoms with Crippen molar-refractivity contribution in [2.45, 2.75) is 52.5 Å². The lowest BCUT2D eigenvalue weighted by atomic mass is 9.83. The monoisotopic (exact) mass is 415 g/mol. The number of aryl methyl sites for hydroxylation is 1. The van der Waals surface area contributed by atoms with Crippen molar-refractivity contribution in [3.8, 4) is 5.69 Å². The number of ether oxygens (including phenoxy) is 1. The molecule has 7 heteroatoms. The Kier molecular flexibility index (Phi) is 7.85. The normalized spacial score (nSPS) is 16.1. The molecule has 1 fully saturated rings. The summed E-state index contributed by atoms with van der Waals surface area (Å²) in [7, 11) is 1.76. The van der Waals surface area contributed by atoms with Crippen LogP contribution < -0.4 is 10.6 Å². The maximum Gasteiger partial charge on any atom is 0.191 e. The Bertz CT molecular complexity index is 842. The minimum absolute atomic E-state index is 0.272. The molecule has 1 aliphatic carbocycles. The summed E-state index contributed by atoms with van der Waals surface area (Å²) in [6.45, 7) is 6.78. The molecule has 0 bridgehead atoms. The van der Waals surface area contributed by atoms with E-state index in [-0.39, 0.29) is 11.2 Å². The number of imidazole rings is 1. The molecule has 0 atom stereocenters. The van der Waals surface area contributed by atoms with Gasteiger partial charge in [0.15, 0.2) is 5.96 Å². The molecule has 164 valence electrons. The molecule has 1 aromatic heterocycles. The van der Waals surface area contributed by atoms with Crippen LogP contribution in [-0.4, -0.2) is 42.3 Å². The average molecular weight is 416 g/mol. The van der Waals surface area contributed by atoms with Gasteiger partial charge in [-0.2, -0.15) is 0 Å². The van der Waals surface area contributed by atoms with Crippen molar-refractivity contribution in [1.29, 1.82) is 0 Å². The van der Waals surface area contributed by atoms with Gasteiger partial charge in [-0.1, -0.05) is 18.9 Å². The number of nitrogens with one attached hydrogen (secondary N) is 2. The Hall–Kier alpha value is -2.41. The van der Waals surface area contributed by atoms with Gasteiger partial charge < -0.3 is 19.9 Å². The van der Waals surface area contributed by atoms with Crippen molar-refractivity contribution in [1.82, 2.24) is 20.2 Å². The van der Waals surface area contributed by atoms with Crippen LogP contribution in [0.5, 0.6) is 0 Å². The molecule has 2 aromatic rings. The topological polar surface area (TPSA) is 63.5 Å². The number of nitrogens with zero attached hydrogens (tertiary/aromatic N) is 3. The van der Waals surface area contributed by atoms with E-state index >= 15 is 0 Å². The number of guanidine groups is 1. The maximum atomic E-state index is 14.6. The molecule has 0 aliphatic heterocycles. The summed E-state index contributed by atoms with van der Waals surface area (Å²) >= 11 is 0. The van der Waals surface area contributed by atoms with E-state index in [0.717, 1.165) is 43.5 Å². The Balaban J connectivity index is 1.65. The molecular weight excluding hydrogens is 381 g/mol. The molecule has 1 saturated carbocycles.